The Balaban J connectivity index is 1.67. The highest BCUT2D eigenvalue weighted by Crippen LogP contribution is 2.13. The first-order valence-electron chi connectivity index (χ1n) is 9.02. The second-order valence-electron chi connectivity index (χ2n) is 6.39. The maximum Gasteiger partial charge on any atom is 0.241 e. The average Bonchev–Trinajstić information content (AvgIpc) is 2.72. The van der Waals surface area contributed by atoms with Gasteiger partial charge in [0, 0.05) is 32.4 Å². The molecule has 3 rings (SSSR count). The van der Waals surface area contributed by atoms with Gasteiger partial charge in [0.2, 0.25) is 5.91 Å². The molecule has 0 aliphatic carbocycles. The predicted octanol–water partition coefficient (Wildman–Crippen LogP) is 1.22. The Morgan fingerprint density at radius 2 is 2.08 bits per heavy atom. The molecule has 6 nitrogen and oxygen atoms in total. The van der Waals surface area contributed by atoms with Crippen molar-refractivity contribution in [2.45, 2.75) is 19.0 Å². The van der Waals surface area contributed by atoms with E-state index in [1.165, 1.54) is 5.56 Å². The summed E-state index contributed by atoms with van der Waals surface area (Å²) in [5.74, 6) is 0.962. The number of carbonyl (C=O) groups excluding carboxylic acids is 1. The van der Waals surface area contributed by atoms with Crippen LogP contribution in [0.5, 0.6) is 5.75 Å². The van der Waals surface area contributed by atoms with Gasteiger partial charge in [0.15, 0.2) is 0 Å². The Morgan fingerprint density at radius 1 is 1.23 bits per heavy atom. The Kier molecular flexibility index (Phi) is 6.57. The molecule has 0 spiro atoms. The van der Waals surface area contributed by atoms with Gasteiger partial charge < -0.3 is 20.3 Å². The number of benzene rings is 1. The van der Waals surface area contributed by atoms with Crippen molar-refractivity contribution in [1.29, 1.82) is 0 Å². The largest absolute Gasteiger partial charge is 0.497 e. The quantitative estimate of drug-likeness (QED) is 0.783. The first-order chi connectivity index (χ1) is 12.8. The Labute approximate surface area is 154 Å². The molecule has 1 aliphatic rings. The van der Waals surface area contributed by atoms with Crippen molar-refractivity contribution < 1.29 is 9.53 Å². The van der Waals surface area contributed by atoms with Gasteiger partial charge in [-0.1, -0.05) is 18.2 Å². The van der Waals surface area contributed by atoms with E-state index >= 15 is 0 Å². The van der Waals surface area contributed by atoms with Gasteiger partial charge in [-0.25, -0.2) is 0 Å². The van der Waals surface area contributed by atoms with E-state index in [-0.39, 0.29) is 11.9 Å². The van der Waals surface area contributed by atoms with Crippen LogP contribution in [-0.4, -0.2) is 55.1 Å². The number of nitrogens with zero attached hydrogens (tertiary/aromatic N) is 2. The number of ether oxygens (including phenoxy) is 1. The summed E-state index contributed by atoms with van der Waals surface area (Å²) in [5, 5.41) is 6.59. The minimum absolute atomic E-state index is 0.122. The first kappa shape index (κ1) is 18.4. The second kappa shape index (κ2) is 9.31. The molecule has 26 heavy (non-hydrogen) atoms. The van der Waals surface area contributed by atoms with Crippen molar-refractivity contribution in [1.82, 2.24) is 20.5 Å². The van der Waals surface area contributed by atoms with Crippen LogP contribution in [0.3, 0.4) is 0 Å². The van der Waals surface area contributed by atoms with Gasteiger partial charge in [-0.3, -0.25) is 9.78 Å². The highest BCUT2D eigenvalue weighted by molar-refractivity contribution is 5.82. The lowest BCUT2D eigenvalue weighted by atomic mass is 10.1. The Bertz CT molecular complexity index is 685. The molecule has 1 amide bonds. The number of aromatic nitrogens is 1. The third-order valence-electron chi connectivity index (χ3n) is 4.56. The lowest BCUT2D eigenvalue weighted by molar-refractivity contribution is -0.134. The van der Waals surface area contributed by atoms with Crippen molar-refractivity contribution in [2.75, 3.05) is 33.3 Å². The minimum Gasteiger partial charge on any atom is -0.497 e. The lowest BCUT2D eigenvalue weighted by Crippen LogP contribution is -2.56. The molecule has 2 N–H and O–H groups in total. The van der Waals surface area contributed by atoms with Crippen molar-refractivity contribution in [3.63, 3.8) is 0 Å². The highest BCUT2D eigenvalue weighted by Gasteiger charge is 2.25. The van der Waals surface area contributed by atoms with Gasteiger partial charge in [-0.15, -0.1) is 0 Å². The molecule has 1 saturated heterocycles. The monoisotopic (exact) mass is 354 g/mol. The number of hydrogen-bond acceptors (Lipinski definition) is 5. The van der Waals surface area contributed by atoms with Crippen LogP contribution in [0.15, 0.2) is 48.7 Å². The molecular formula is C20H26N4O2. The van der Waals surface area contributed by atoms with Crippen LogP contribution in [0.1, 0.15) is 11.3 Å². The van der Waals surface area contributed by atoms with E-state index in [9.17, 15) is 4.79 Å². The van der Waals surface area contributed by atoms with Crippen LogP contribution in [0.4, 0.5) is 0 Å². The molecule has 1 unspecified atom stereocenters. The number of amides is 1. The smallest absolute Gasteiger partial charge is 0.241 e. The van der Waals surface area contributed by atoms with Crippen LogP contribution in [0.2, 0.25) is 0 Å². The molecule has 1 atom stereocenters. The van der Waals surface area contributed by atoms with Crippen molar-refractivity contribution in [3.05, 3.63) is 59.9 Å². The third kappa shape index (κ3) is 5.03. The zero-order valence-corrected chi connectivity index (χ0v) is 15.1. The standard InChI is InChI=1S/C20H26N4O2/c1-26-18-7-5-16(6-8-18)9-13-24(15-17-4-2-3-10-22-17)20(25)19-14-21-11-12-23-19/h2-8,10,19,21,23H,9,11-15H2,1H3. The summed E-state index contributed by atoms with van der Waals surface area (Å²) < 4.78 is 5.20. The number of carbonyl (C=O) groups is 1. The molecule has 1 fully saturated rings. The van der Waals surface area contributed by atoms with Crippen LogP contribution in [0, 0.1) is 0 Å². The first-order valence-corrected chi connectivity index (χ1v) is 9.02. The SMILES string of the molecule is COc1ccc(CCN(Cc2ccccn2)C(=O)C2CNCCN2)cc1. The van der Waals surface area contributed by atoms with Crippen LogP contribution < -0.4 is 15.4 Å². The molecule has 0 radical (unpaired) electrons. The molecule has 6 heteroatoms. The van der Waals surface area contributed by atoms with E-state index in [0.717, 1.165) is 31.0 Å². The van der Waals surface area contributed by atoms with Crippen molar-refractivity contribution in [3.8, 4) is 5.75 Å². The Morgan fingerprint density at radius 3 is 2.73 bits per heavy atom. The fourth-order valence-electron chi connectivity index (χ4n) is 3.06. The van der Waals surface area contributed by atoms with E-state index in [4.69, 9.17) is 4.74 Å². The summed E-state index contributed by atoms with van der Waals surface area (Å²) in [6.45, 7) is 3.55. The number of rotatable bonds is 7. The maximum atomic E-state index is 13.0. The summed E-state index contributed by atoms with van der Waals surface area (Å²) in [5.41, 5.74) is 2.08. The fraction of sp³-hybridized carbons (Fsp3) is 0.400. The molecule has 0 bridgehead atoms. The number of nitrogens with one attached hydrogen (secondary N) is 2. The maximum absolute atomic E-state index is 13.0. The molecule has 0 saturated carbocycles. The molecule has 2 aromatic rings. The topological polar surface area (TPSA) is 66.5 Å². The van der Waals surface area contributed by atoms with E-state index in [1.54, 1.807) is 13.3 Å². The van der Waals surface area contributed by atoms with E-state index in [1.807, 2.05) is 47.4 Å². The highest BCUT2D eigenvalue weighted by atomic mass is 16.5. The molecule has 1 aromatic heterocycles. The lowest BCUT2D eigenvalue weighted by Gasteiger charge is -2.30. The molecular weight excluding hydrogens is 328 g/mol. The predicted molar refractivity (Wildman–Crippen MR) is 101 cm³/mol. The number of hydrogen-bond donors (Lipinski definition) is 2. The van der Waals surface area contributed by atoms with Gasteiger partial charge in [0.25, 0.3) is 0 Å². The average molecular weight is 354 g/mol. The molecule has 1 aliphatic heterocycles. The van der Waals surface area contributed by atoms with Crippen LogP contribution >= 0.6 is 0 Å². The number of methoxy groups -OCH3 is 1. The summed E-state index contributed by atoms with van der Waals surface area (Å²) in [4.78, 5) is 19.3. The van der Waals surface area contributed by atoms with E-state index < -0.39 is 0 Å². The van der Waals surface area contributed by atoms with Crippen LogP contribution in [0.25, 0.3) is 0 Å². The zero-order chi connectivity index (χ0) is 18.2. The van der Waals surface area contributed by atoms with Gasteiger partial charge in [0.05, 0.1) is 25.4 Å². The van der Waals surface area contributed by atoms with Gasteiger partial charge in [-0.05, 0) is 36.2 Å². The third-order valence-corrected chi connectivity index (χ3v) is 4.56. The van der Waals surface area contributed by atoms with Gasteiger partial charge in [0.1, 0.15) is 5.75 Å². The summed E-state index contributed by atoms with van der Waals surface area (Å²) in [6, 6.07) is 13.6. The normalized spacial score (nSPS) is 16.9. The Hall–Kier alpha value is -2.44. The zero-order valence-electron chi connectivity index (χ0n) is 15.1. The van der Waals surface area contributed by atoms with Gasteiger partial charge >= 0.3 is 0 Å². The van der Waals surface area contributed by atoms with Crippen LogP contribution in [-0.2, 0) is 17.8 Å². The summed E-state index contributed by atoms with van der Waals surface area (Å²) >= 11 is 0. The summed E-state index contributed by atoms with van der Waals surface area (Å²) in [7, 11) is 1.66. The van der Waals surface area contributed by atoms with E-state index in [0.29, 0.717) is 19.6 Å². The van der Waals surface area contributed by atoms with Crippen molar-refractivity contribution in [2.24, 2.45) is 0 Å². The van der Waals surface area contributed by atoms with E-state index in [2.05, 4.69) is 15.6 Å². The fourth-order valence-corrected chi connectivity index (χ4v) is 3.06. The number of pyridine rings is 1. The molecule has 1 aromatic carbocycles. The minimum atomic E-state index is -0.177. The van der Waals surface area contributed by atoms with Gasteiger partial charge in [-0.2, -0.15) is 0 Å². The molecule has 2 heterocycles. The molecule has 138 valence electrons. The summed E-state index contributed by atoms with van der Waals surface area (Å²) in [6.07, 6.45) is 2.56. The number of piperazine rings is 1. The van der Waals surface area contributed by atoms with Crippen molar-refractivity contribution >= 4 is 5.91 Å². The second-order valence-corrected chi connectivity index (χ2v) is 6.39.